The van der Waals surface area contributed by atoms with Gasteiger partial charge in [0.25, 0.3) is 0 Å². The van der Waals surface area contributed by atoms with Gasteiger partial charge in [-0.15, -0.1) is 11.3 Å². The van der Waals surface area contributed by atoms with Crippen molar-refractivity contribution in [2.45, 2.75) is 13.5 Å². The van der Waals surface area contributed by atoms with E-state index in [1.807, 2.05) is 0 Å². The number of benzene rings is 1. The third-order valence-electron chi connectivity index (χ3n) is 3.68. The van der Waals surface area contributed by atoms with Crippen LogP contribution in [0.5, 0.6) is 0 Å². The molecule has 0 saturated heterocycles. The molecule has 7 nitrogen and oxygen atoms in total. The number of nitrogens with zero attached hydrogens (tertiary/aromatic N) is 3. The van der Waals surface area contributed by atoms with E-state index in [4.69, 9.17) is 35.3 Å². The van der Waals surface area contributed by atoms with Crippen LogP contribution in [0.1, 0.15) is 6.92 Å². The number of thiocarbonyl (C=S) groups is 1. The van der Waals surface area contributed by atoms with Gasteiger partial charge in [0.1, 0.15) is 5.82 Å². The lowest BCUT2D eigenvalue weighted by Gasteiger charge is -2.13. The molecule has 140 valence electrons. The summed E-state index contributed by atoms with van der Waals surface area (Å²) in [5.41, 5.74) is 15.0. The molecular weight excluding hydrogens is 411 g/mol. The number of rotatable bonds is 4. The highest BCUT2D eigenvalue weighted by Gasteiger charge is 2.16. The Morgan fingerprint density at radius 2 is 2.26 bits per heavy atom. The second-order valence-corrected chi connectivity index (χ2v) is 7.41. The van der Waals surface area contributed by atoms with Crippen LogP contribution in [0.15, 0.2) is 33.6 Å². The standard InChI is InChI=1S/C16H14ClFN6OS2/c1-7(22-23-15(19)26)4-24-5-9(12-6-27-16(20)21-12)14(25)8-2-11(18)10(17)3-13(8)24/h2-3,5-6H,4H2,1H3,(H2,20,21)(H3,19,23,26)/b22-7+. The molecule has 1 aromatic carbocycles. The Kier molecular flexibility index (Phi) is 5.40. The Morgan fingerprint density at radius 1 is 1.52 bits per heavy atom. The average Bonchev–Trinajstić information content (AvgIpc) is 3.03. The van der Waals surface area contributed by atoms with E-state index < -0.39 is 5.82 Å². The number of hydrogen-bond donors (Lipinski definition) is 3. The number of anilines is 1. The predicted octanol–water partition coefficient (Wildman–Crippen LogP) is 2.71. The van der Waals surface area contributed by atoms with Crippen molar-refractivity contribution in [3.05, 3.63) is 44.8 Å². The molecule has 0 saturated carbocycles. The van der Waals surface area contributed by atoms with Crippen molar-refractivity contribution in [2.24, 2.45) is 10.8 Å². The topological polar surface area (TPSA) is 111 Å². The summed E-state index contributed by atoms with van der Waals surface area (Å²) in [4.78, 5) is 17.0. The summed E-state index contributed by atoms with van der Waals surface area (Å²) in [6.07, 6.45) is 1.62. The summed E-state index contributed by atoms with van der Waals surface area (Å²) in [5, 5.41) is 6.18. The van der Waals surface area contributed by atoms with Crippen LogP contribution in [-0.4, -0.2) is 20.4 Å². The van der Waals surface area contributed by atoms with Crippen molar-refractivity contribution < 1.29 is 4.39 Å². The third kappa shape index (κ3) is 4.07. The molecule has 2 aromatic heterocycles. The van der Waals surface area contributed by atoms with E-state index in [1.54, 1.807) is 23.1 Å². The summed E-state index contributed by atoms with van der Waals surface area (Å²) in [6.45, 7) is 2.03. The zero-order chi connectivity index (χ0) is 19.7. The first kappa shape index (κ1) is 19.2. The Bertz CT molecular complexity index is 1140. The lowest BCUT2D eigenvalue weighted by Crippen LogP contribution is -2.26. The van der Waals surface area contributed by atoms with Crippen molar-refractivity contribution >= 4 is 62.0 Å². The van der Waals surface area contributed by atoms with Gasteiger partial charge in [-0.05, 0) is 31.3 Å². The largest absolute Gasteiger partial charge is 0.375 e. The minimum Gasteiger partial charge on any atom is -0.375 e. The SMILES string of the molecule is C/C(Cn1cc(-c2csc(N)n2)c(=O)c2cc(F)c(Cl)cc21)=N\NC(N)=S. The maximum atomic E-state index is 14.0. The van der Waals surface area contributed by atoms with Crippen LogP contribution in [0.4, 0.5) is 9.52 Å². The van der Waals surface area contributed by atoms with Crippen molar-refractivity contribution in [1.29, 1.82) is 0 Å². The molecule has 0 aliphatic carbocycles. The molecule has 0 amide bonds. The maximum Gasteiger partial charge on any atom is 0.198 e. The summed E-state index contributed by atoms with van der Waals surface area (Å²) in [7, 11) is 0. The minimum absolute atomic E-state index is 0.0304. The van der Waals surface area contributed by atoms with E-state index in [2.05, 4.69) is 15.5 Å². The summed E-state index contributed by atoms with van der Waals surface area (Å²) in [5.74, 6) is -0.678. The van der Waals surface area contributed by atoms with Gasteiger partial charge in [-0.2, -0.15) is 5.10 Å². The molecule has 27 heavy (non-hydrogen) atoms. The lowest BCUT2D eigenvalue weighted by atomic mass is 10.1. The van der Waals surface area contributed by atoms with E-state index in [1.165, 1.54) is 17.4 Å². The fourth-order valence-corrected chi connectivity index (χ4v) is 3.31. The monoisotopic (exact) mass is 424 g/mol. The Morgan fingerprint density at radius 3 is 2.89 bits per heavy atom. The normalized spacial score (nSPS) is 11.7. The zero-order valence-corrected chi connectivity index (χ0v) is 16.4. The Balaban J connectivity index is 2.22. The minimum atomic E-state index is -0.678. The number of nitrogens with one attached hydrogen (secondary N) is 1. The Hall–Kier alpha value is -2.56. The van der Waals surface area contributed by atoms with Gasteiger partial charge in [-0.25, -0.2) is 9.37 Å². The molecule has 11 heteroatoms. The Labute approximate surface area is 167 Å². The van der Waals surface area contributed by atoms with E-state index >= 15 is 0 Å². The third-order valence-corrected chi connectivity index (χ3v) is 4.73. The first-order valence-corrected chi connectivity index (χ1v) is 9.25. The maximum absolute atomic E-state index is 14.0. The number of hydrogen-bond acceptors (Lipinski definition) is 6. The number of halogens is 2. The molecule has 0 bridgehead atoms. The molecule has 3 aromatic rings. The van der Waals surface area contributed by atoms with Gasteiger partial charge >= 0.3 is 0 Å². The van der Waals surface area contributed by atoms with Crippen molar-refractivity contribution in [1.82, 2.24) is 15.0 Å². The van der Waals surface area contributed by atoms with Crippen LogP contribution in [0.25, 0.3) is 22.2 Å². The van der Waals surface area contributed by atoms with Crippen LogP contribution >= 0.6 is 35.2 Å². The van der Waals surface area contributed by atoms with Gasteiger partial charge < -0.3 is 16.0 Å². The highest BCUT2D eigenvalue weighted by Crippen LogP contribution is 2.26. The summed E-state index contributed by atoms with van der Waals surface area (Å²) < 4.78 is 15.7. The number of fused-ring (bicyclic) bond motifs is 1. The zero-order valence-electron chi connectivity index (χ0n) is 14.0. The average molecular weight is 425 g/mol. The molecule has 0 fully saturated rings. The smallest absolute Gasteiger partial charge is 0.198 e. The number of pyridine rings is 1. The van der Waals surface area contributed by atoms with Crippen LogP contribution in [0, 0.1) is 5.82 Å². The molecule has 0 aliphatic rings. The second-order valence-electron chi connectivity index (χ2n) is 5.68. The lowest BCUT2D eigenvalue weighted by molar-refractivity contribution is 0.629. The van der Waals surface area contributed by atoms with Gasteiger partial charge in [-0.3, -0.25) is 10.2 Å². The van der Waals surface area contributed by atoms with Gasteiger partial charge in [0.05, 0.1) is 34.1 Å². The molecule has 0 radical (unpaired) electrons. The van der Waals surface area contributed by atoms with Crippen molar-refractivity contribution in [2.75, 3.05) is 5.73 Å². The number of nitrogens with two attached hydrogens (primary N) is 2. The van der Waals surface area contributed by atoms with Crippen LogP contribution in [0.3, 0.4) is 0 Å². The van der Waals surface area contributed by atoms with Crippen LogP contribution in [0.2, 0.25) is 5.02 Å². The van der Waals surface area contributed by atoms with Crippen molar-refractivity contribution in [3.8, 4) is 11.3 Å². The predicted molar refractivity (Wildman–Crippen MR) is 112 cm³/mol. The number of aromatic nitrogens is 2. The van der Waals surface area contributed by atoms with Gasteiger partial charge in [0.15, 0.2) is 15.7 Å². The fraction of sp³-hybridized carbons (Fsp3) is 0.125. The second kappa shape index (κ2) is 7.59. The first-order valence-electron chi connectivity index (χ1n) is 7.58. The molecule has 5 N–H and O–H groups in total. The highest BCUT2D eigenvalue weighted by molar-refractivity contribution is 7.80. The fourth-order valence-electron chi connectivity index (χ4n) is 2.54. The highest BCUT2D eigenvalue weighted by atomic mass is 35.5. The number of nitrogen functional groups attached to an aromatic ring is 1. The molecule has 0 atom stereocenters. The molecule has 2 heterocycles. The first-order chi connectivity index (χ1) is 12.8. The van der Waals surface area contributed by atoms with Crippen molar-refractivity contribution in [3.63, 3.8) is 0 Å². The van der Waals surface area contributed by atoms with Crippen LogP contribution in [-0.2, 0) is 6.54 Å². The quantitative estimate of drug-likeness (QED) is 0.337. The summed E-state index contributed by atoms with van der Waals surface area (Å²) >= 11 is 11.9. The van der Waals surface area contributed by atoms with E-state index in [9.17, 15) is 9.18 Å². The number of hydrazone groups is 1. The number of thiazole rings is 1. The molecule has 0 aliphatic heterocycles. The van der Waals surface area contributed by atoms with E-state index in [-0.39, 0.29) is 27.5 Å². The van der Waals surface area contributed by atoms with E-state index in [0.29, 0.717) is 27.6 Å². The molecule has 0 unspecified atom stereocenters. The molecule has 3 rings (SSSR count). The van der Waals surface area contributed by atoms with Gasteiger partial charge in [0, 0.05) is 17.0 Å². The summed E-state index contributed by atoms with van der Waals surface area (Å²) in [6, 6.07) is 2.52. The van der Waals surface area contributed by atoms with Gasteiger partial charge in [-0.1, -0.05) is 11.6 Å². The molecular formula is C16H14ClFN6OS2. The van der Waals surface area contributed by atoms with E-state index in [0.717, 1.165) is 6.07 Å². The van der Waals surface area contributed by atoms with Crippen LogP contribution < -0.4 is 22.3 Å². The molecule has 0 spiro atoms. The van der Waals surface area contributed by atoms with Gasteiger partial charge in [0.2, 0.25) is 0 Å².